The molecule has 62 heavy (non-hydrogen) atoms. The number of nitrogens with zero attached hydrogens (tertiary/aromatic N) is 7. The lowest BCUT2D eigenvalue weighted by Crippen LogP contribution is -2.39. The molecule has 4 aromatic heterocycles. The molecule has 3 N–H and O–H groups in total. The van der Waals surface area contributed by atoms with Crippen molar-refractivity contribution in [3.8, 4) is 35.1 Å². The zero-order valence-electron chi connectivity index (χ0n) is 33.3. The zero-order chi connectivity index (χ0) is 42.5. The summed E-state index contributed by atoms with van der Waals surface area (Å²) in [5.74, 6) is 3.06. The Hall–Kier alpha value is -8.17. The van der Waals surface area contributed by atoms with E-state index < -0.39 is 5.95 Å². The largest absolute Gasteiger partial charge is 0.457 e. The van der Waals surface area contributed by atoms with Crippen molar-refractivity contribution in [3.05, 3.63) is 163 Å². The summed E-state index contributed by atoms with van der Waals surface area (Å²) in [6, 6.07) is 41.5. The van der Waals surface area contributed by atoms with Crippen molar-refractivity contribution in [2.24, 2.45) is 0 Å². The van der Waals surface area contributed by atoms with Gasteiger partial charge in [0.1, 0.15) is 41.0 Å². The number of halogens is 1. The highest BCUT2D eigenvalue weighted by atomic mass is 19.1. The summed E-state index contributed by atoms with van der Waals surface area (Å²) >= 11 is 0. The number of benzene rings is 4. The van der Waals surface area contributed by atoms with Crippen molar-refractivity contribution in [1.29, 1.82) is 10.5 Å². The van der Waals surface area contributed by atoms with Gasteiger partial charge in [-0.25, -0.2) is 9.97 Å². The van der Waals surface area contributed by atoms with Crippen LogP contribution in [0.5, 0.6) is 23.0 Å². The standard InChI is InChI=1S/C27H26N6O2.C21H13FN4O/c28-17-20-18-30-25-19-31-26(29-10-11-33-12-14-34-15-13-33)16-24(25)27(20)32-21-6-8-23(9-7-21)35-22-4-2-1-3-5-22;22-20-10-18-19(13-25-20)24-12-14(11-23)21(18)26-15-6-8-17(9-7-15)27-16-4-2-1-3-5-16/h1-9,16,18-19H,10-15H2,(H,29,31)(H,30,32);1-10,12-13H,(H,24,26). The first-order valence-electron chi connectivity index (χ1n) is 19.8. The Morgan fingerprint density at radius 3 is 1.60 bits per heavy atom. The number of ether oxygens (including phenoxy) is 3. The smallest absolute Gasteiger partial charge is 0.213 e. The van der Waals surface area contributed by atoms with Gasteiger partial charge in [0.25, 0.3) is 0 Å². The lowest BCUT2D eigenvalue weighted by molar-refractivity contribution is 0.0398. The molecular formula is C48H39FN10O3. The molecule has 1 aliphatic rings. The fourth-order valence-corrected chi connectivity index (χ4v) is 6.62. The van der Waals surface area contributed by atoms with E-state index in [9.17, 15) is 14.9 Å². The minimum Gasteiger partial charge on any atom is -0.457 e. The number of hydrogen-bond donors (Lipinski definition) is 3. The fraction of sp³-hybridized carbons (Fsp3) is 0.125. The number of aromatic nitrogens is 4. The molecule has 306 valence electrons. The fourth-order valence-electron chi connectivity index (χ4n) is 6.62. The summed E-state index contributed by atoms with van der Waals surface area (Å²) < 4.78 is 30.6. The van der Waals surface area contributed by atoms with Crippen molar-refractivity contribution in [2.45, 2.75) is 0 Å². The number of para-hydroxylation sites is 2. The van der Waals surface area contributed by atoms with Crippen molar-refractivity contribution in [1.82, 2.24) is 24.8 Å². The van der Waals surface area contributed by atoms with E-state index in [0.29, 0.717) is 44.7 Å². The molecule has 0 atom stereocenters. The van der Waals surface area contributed by atoms with Gasteiger partial charge in [0, 0.05) is 66.8 Å². The van der Waals surface area contributed by atoms with Gasteiger partial charge in [-0.05, 0) is 78.9 Å². The molecule has 4 aromatic carbocycles. The molecule has 1 aliphatic heterocycles. The molecule has 0 saturated carbocycles. The molecule has 0 bridgehead atoms. The second kappa shape index (κ2) is 19.7. The quantitative estimate of drug-likeness (QED) is 0.0998. The van der Waals surface area contributed by atoms with E-state index in [1.807, 2.05) is 115 Å². The molecule has 0 spiro atoms. The predicted molar refractivity (Wildman–Crippen MR) is 237 cm³/mol. The molecule has 1 saturated heterocycles. The van der Waals surface area contributed by atoms with E-state index in [1.165, 1.54) is 18.5 Å². The van der Waals surface area contributed by atoms with Crippen LogP contribution in [0.1, 0.15) is 11.1 Å². The van der Waals surface area contributed by atoms with Gasteiger partial charge in [-0.3, -0.25) is 14.9 Å². The summed E-state index contributed by atoms with van der Waals surface area (Å²) in [6.07, 6.45) is 6.09. The Morgan fingerprint density at radius 1 is 0.597 bits per heavy atom. The van der Waals surface area contributed by atoms with E-state index in [-0.39, 0.29) is 0 Å². The van der Waals surface area contributed by atoms with Gasteiger partial charge in [-0.1, -0.05) is 36.4 Å². The number of anilines is 5. The highest BCUT2D eigenvalue weighted by molar-refractivity contribution is 5.97. The number of fused-ring (bicyclic) bond motifs is 2. The van der Waals surface area contributed by atoms with Crippen LogP contribution in [0.2, 0.25) is 0 Å². The van der Waals surface area contributed by atoms with E-state index in [0.717, 1.165) is 79.2 Å². The minimum atomic E-state index is -0.631. The second-order valence-electron chi connectivity index (χ2n) is 13.9. The van der Waals surface area contributed by atoms with Gasteiger partial charge in [0.05, 0.1) is 59.1 Å². The summed E-state index contributed by atoms with van der Waals surface area (Å²) in [4.78, 5) is 19.0. The first-order chi connectivity index (χ1) is 30.5. The minimum absolute atomic E-state index is 0.317. The molecule has 0 unspecified atom stereocenters. The average Bonchev–Trinajstić information content (AvgIpc) is 3.32. The maximum atomic E-state index is 13.6. The lowest BCUT2D eigenvalue weighted by atomic mass is 10.1. The molecule has 1 fully saturated rings. The third-order valence-electron chi connectivity index (χ3n) is 9.76. The van der Waals surface area contributed by atoms with Crippen LogP contribution in [0.3, 0.4) is 0 Å². The van der Waals surface area contributed by atoms with E-state index in [4.69, 9.17) is 14.2 Å². The topological polar surface area (TPSA) is 166 Å². The van der Waals surface area contributed by atoms with Crippen molar-refractivity contribution in [2.75, 3.05) is 55.3 Å². The maximum absolute atomic E-state index is 13.6. The molecular weight excluding hydrogens is 784 g/mol. The molecule has 0 amide bonds. The highest BCUT2D eigenvalue weighted by Gasteiger charge is 2.14. The number of pyridine rings is 4. The highest BCUT2D eigenvalue weighted by Crippen LogP contribution is 2.33. The predicted octanol–water partition coefficient (Wildman–Crippen LogP) is 9.96. The lowest BCUT2D eigenvalue weighted by Gasteiger charge is -2.26. The zero-order valence-corrected chi connectivity index (χ0v) is 33.3. The Balaban J connectivity index is 0.000000176. The average molecular weight is 823 g/mol. The van der Waals surface area contributed by atoms with Crippen LogP contribution in [0, 0.1) is 28.6 Å². The Morgan fingerprint density at radius 2 is 1.08 bits per heavy atom. The summed E-state index contributed by atoms with van der Waals surface area (Å²) in [7, 11) is 0. The SMILES string of the molecule is N#Cc1cnc2cnc(F)cc2c1Nc1ccc(Oc2ccccc2)cc1.N#Cc1cnc2cnc(NCCN3CCOCC3)cc2c1Nc1ccc(Oc2ccccc2)cc1. The third kappa shape index (κ3) is 10.3. The van der Waals surface area contributed by atoms with Crippen LogP contribution in [0.15, 0.2) is 146 Å². The molecule has 14 heteroatoms. The Bertz CT molecular complexity index is 2850. The number of rotatable bonds is 12. The Labute approximate surface area is 357 Å². The summed E-state index contributed by atoms with van der Waals surface area (Å²) in [6.45, 7) is 5.16. The van der Waals surface area contributed by atoms with E-state index in [1.54, 1.807) is 12.4 Å². The van der Waals surface area contributed by atoms with Gasteiger partial charge in [0.2, 0.25) is 5.95 Å². The number of morpholine rings is 1. The molecule has 9 rings (SSSR count). The van der Waals surface area contributed by atoms with Gasteiger partial charge < -0.3 is 30.2 Å². The van der Waals surface area contributed by atoms with Gasteiger partial charge in [-0.2, -0.15) is 14.9 Å². The molecule has 0 aliphatic carbocycles. The van der Waals surface area contributed by atoms with Gasteiger partial charge >= 0.3 is 0 Å². The number of nitriles is 2. The first kappa shape index (κ1) is 40.6. The van der Waals surface area contributed by atoms with Gasteiger partial charge in [0.15, 0.2) is 0 Å². The van der Waals surface area contributed by atoms with Crippen LogP contribution in [0.25, 0.3) is 21.8 Å². The summed E-state index contributed by atoms with van der Waals surface area (Å²) in [5.41, 5.74) is 4.76. The van der Waals surface area contributed by atoms with E-state index >= 15 is 0 Å². The van der Waals surface area contributed by atoms with Crippen LogP contribution in [-0.2, 0) is 4.74 Å². The van der Waals surface area contributed by atoms with Crippen molar-refractivity contribution >= 4 is 50.4 Å². The molecule has 0 radical (unpaired) electrons. The second-order valence-corrected chi connectivity index (χ2v) is 13.9. The van der Waals surface area contributed by atoms with Crippen LogP contribution in [0.4, 0.5) is 33.0 Å². The monoisotopic (exact) mass is 822 g/mol. The first-order valence-corrected chi connectivity index (χ1v) is 19.8. The van der Waals surface area contributed by atoms with Crippen molar-refractivity contribution in [3.63, 3.8) is 0 Å². The van der Waals surface area contributed by atoms with Crippen LogP contribution >= 0.6 is 0 Å². The van der Waals surface area contributed by atoms with Crippen LogP contribution in [-0.4, -0.2) is 64.2 Å². The Kier molecular flexibility index (Phi) is 12.9. The maximum Gasteiger partial charge on any atom is 0.213 e. The van der Waals surface area contributed by atoms with E-state index in [2.05, 4.69) is 52.9 Å². The molecule has 5 heterocycles. The van der Waals surface area contributed by atoms with Gasteiger partial charge in [-0.15, -0.1) is 0 Å². The number of hydrogen-bond acceptors (Lipinski definition) is 13. The number of nitrogens with one attached hydrogen (secondary N) is 3. The van der Waals surface area contributed by atoms with Crippen LogP contribution < -0.4 is 25.4 Å². The molecule has 13 nitrogen and oxygen atoms in total. The molecule has 8 aromatic rings. The normalized spacial score (nSPS) is 12.3. The summed E-state index contributed by atoms with van der Waals surface area (Å²) in [5, 5.41) is 30.4. The third-order valence-corrected chi connectivity index (χ3v) is 9.76. The van der Waals surface area contributed by atoms with Crippen molar-refractivity contribution < 1.29 is 18.6 Å².